The van der Waals surface area contributed by atoms with E-state index in [-0.39, 0.29) is 0 Å². The molecule has 0 spiro atoms. The average Bonchev–Trinajstić information content (AvgIpc) is 2.14. The standard InChI is InChI=1S/C3H3S2.2Au/c1-2-5-3-4-1;;/h1-3H;;. The molecule has 0 aliphatic carbocycles. The molecule has 0 fully saturated rings. The van der Waals surface area contributed by atoms with E-state index in [9.17, 15) is 0 Å². The Morgan fingerprint density at radius 2 is 2.00 bits per heavy atom. The average molecular weight is 497 g/mol. The van der Waals surface area contributed by atoms with E-state index in [0.29, 0.717) is 16.3 Å². The second kappa shape index (κ2) is 3.85. The molecular formula is C3H3Au2S2. The molecule has 1 heterocycles. The van der Waals surface area contributed by atoms with Gasteiger partial charge in [-0.3, -0.25) is 0 Å². The first-order valence-corrected chi connectivity index (χ1v) is 10.7. The number of hydrogen-bond donors (Lipinski definition) is 0. The zero-order valence-electron chi connectivity index (χ0n) is 3.15. The molecule has 7 heavy (non-hydrogen) atoms. The maximum absolute atomic E-state index is 2.67. The van der Waals surface area contributed by atoms with Crippen LogP contribution in [-0.2, 0) is 34.0 Å². The Morgan fingerprint density at radius 1 is 1.43 bits per heavy atom. The van der Waals surface area contributed by atoms with Crippen LogP contribution in [0.15, 0.2) is 10.8 Å². The first-order chi connectivity index (χ1) is 3.43. The summed E-state index contributed by atoms with van der Waals surface area (Å²) in [7, 11) is 0. The molecule has 4 heteroatoms. The van der Waals surface area contributed by atoms with Crippen LogP contribution in [0.2, 0.25) is 0 Å². The van der Waals surface area contributed by atoms with Gasteiger partial charge in [-0.05, 0) is 0 Å². The molecule has 0 nitrogen and oxygen atoms in total. The Balaban J connectivity index is 2.22. The second-order valence-corrected chi connectivity index (χ2v) is 9.51. The van der Waals surface area contributed by atoms with E-state index in [1.54, 1.807) is 0 Å². The van der Waals surface area contributed by atoms with Gasteiger partial charge in [0.2, 0.25) is 0 Å². The van der Waals surface area contributed by atoms with Gasteiger partial charge < -0.3 is 0 Å². The summed E-state index contributed by atoms with van der Waals surface area (Å²) < 4.78 is 0.892. The minimum atomic E-state index is 0.506. The fraction of sp³-hybridized carbons (Fsp3) is 0.333. The topological polar surface area (TPSA) is 0 Å². The van der Waals surface area contributed by atoms with Crippen LogP contribution in [0, 0.1) is 0 Å². The Bertz CT molecular complexity index is 75.0. The Hall–Kier alpha value is 1.92. The fourth-order valence-corrected chi connectivity index (χ4v) is 7.58. The summed E-state index contributed by atoms with van der Waals surface area (Å²) >= 11 is 7.08. The summed E-state index contributed by atoms with van der Waals surface area (Å²) in [6.07, 6.45) is 0. The third-order valence-electron chi connectivity index (χ3n) is 0.449. The Labute approximate surface area is 70.2 Å². The van der Waals surface area contributed by atoms with Crippen molar-refractivity contribution in [2.45, 2.75) is 2.80 Å². The van der Waals surface area contributed by atoms with E-state index in [1.165, 1.54) is 0 Å². The molecule has 0 atom stereocenters. The van der Waals surface area contributed by atoms with Gasteiger partial charge in [-0.15, -0.1) is 0 Å². The molecule has 1 aliphatic heterocycles. The van der Waals surface area contributed by atoms with Crippen molar-refractivity contribution in [3.63, 3.8) is 0 Å². The predicted octanol–water partition coefficient (Wildman–Crippen LogP) is 1.77. The first-order valence-electron chi connectivity index (χ1n) is 1.54. The van der Waals surface area contributed by atoms with Gasteiger partial charge in [-0.2, -0.15) is 0 Å². The van der Waals surface area contributed by atoms with E-state index in [1.807, 2.05) is 23.5 Å². The van der Waals surface area contributed by atoms with Crippen LogP contribution in [0.5, 0.6) is 0 Å². The molecule has 1 rings (SSSR count). The zero-order chi connectivity index (χ0) is 5.11. The van der Waals surface area contributed by atoms with Gasteiger partial charge in [0.15, 0.2) is 0 Å². The second-order valence-electron chi connectivity index (χ2n) is 0.835. The molecule has 0 saturated heterocycles. The molecular weight excluding hydrogens is 494 g/mol. The van der Waals surface area contributed by atoms with Crippen molar-refractivity contribution in [2.75, 3.05) is 0 Å². The van der Waals surface area contributed by atoms with Crippen molar-refractivity contribution in [1.29, 1.82) is 0 Å². The Morgan fingerprint density at radius 3 is 2.29 bits per heavy atom. The van der Waals surface area contributed by atoms with Crippen LogP contribution in [0.4, 0.5) is 0 Å². The van der Waals surface area contributed by atoms with Gasteiger partial charge in [0.05, 0.1) is 0 Å². The summed E-state index contributed by atoms with van der Waals surface area (Å²) in [5.41, 5.74) is 0. The van der Waals surface area contributed by atoms with Crippen molar-refractivity contribution < 1.29 is 34.0 Å². The third kappa shape index (κ3) is 2.33. The van der Waals surface area contributed by atoms with Crippen molar-refractivity contribution >= 4 is 23.5 Å². The summed E-state index contributed by atoms with van der Waals surface area (Å²) in [6.45, 7) is 0. The van der Waals surface area contributed by atoms with E-state index in [4.69, 9.17) is 0 Å². The predicted molar refractivity (Wildman–Crippen MR) is 28.1 cm³/mol. The van der Waals surface area contributed by atoms with E-state index < -0.39 is 0 Å². The molecule has 0 radical (unpaired) electrons. The van der Waals surface area contributed by atoms with Gasteiger partial charge in [-0.25, -0.2) is 0 Å². The maximum atomic E-state index is 2.67. The van der Waals surface area contributed by atoms with E-state index in [2.05, 4.69) is 28.5 Å². The first kappa shape index (κ1) is 7.03. The molecule has 0 amide bonds. The van der Waals surface area contributed by atoms with Crippen LogP contribution < -0.4 is 0 Å². The van der Waals surface area contributed by atoms with Gasteiger partial charge >= 0.3 is 71.1 Å². The molecule has 0 N–H and O–H groups in total. The molecule has 0 unspecified atom stereocenters. The van der Waals surface area contributed by atoms with Gasteiger partial charge in [0, 0.05) is 0 Å². The number of rotatable bonds is 1. The molecule has 49 valence electrons. The summed E-state index contributed by atoms with van der Waals surface area (Å²) in [5, 5.41) is 4.36. The van der Waals surface area contributed by atoms with E-state index in [0.717, 1.165) is 2.80 Å². The van der Waals surface area contributed by atoms with Gasteiger partial charge in [0.1, 0.15) is 0 Å². The van der Waals surface area contributed by atoms with Crippen LogP contribution in [0.3, 0.4) is 0 Å². The molecule has 0 saturated carbocycles. The quantitative estimate of drug-likeness (QED) is 0.507. The summed E-state index contributed by atoms with van der Waals surface area (Å²) in [6, 6.07) is 0. The van der Waals surface area contributed by atoms with E-state index >= 15 is 0 Å². The third-order valence-corrected chi connectivity index (χ3v) is 12.6. The molecule has 1 aliphatic rings. The van der Waals surface area contributed by atoms with Crippen LogP contribution in [0.25, 0.3) is 0 Å². The SMILES string of the molecule is [Au][Au][CH]1SC=CS1. The van der Waals surface area contributed by atoms with Gasteiger partial charge in [-0.1, -0.05) is 0 Å². The van der Waals surface area contributed by atoms with Crippen LogP contribution in [0.1, 0.15) is 0 Å². The molecule has 0 aromatic rings. The molecule has 0 aromatic heterocycles. The Kier molecular flexibility index (Phi) is 3.87. The number of hydrogen-bond acceptors (Lipinski definition) is 2. The molecule has 0 bridgehead atoms. The minimum absolute atomic E-state index is 0.506. The fourth-order valence-electron chi connectivity index (χ4n) is 0.232. The van der Waals surface area contributed by atoms with Crippen molar-refractivity contribution in [2.24, 2.45) is 0 Å². The van der Waals surface area contributed by atoms with Crippen molar-refractivity contribution in [3.8, 4) is 0 Å². The normalized spacial score (nSPS) is 22.0. The monoisotopic (exact) mass is 497 g/mol. The van der Waals surface area contributed by atoms with Crippen LogP contribution in [-0.4, -0.2) is 2.80 Å². The summed E-state index contributed by atoms with van der Waals surface area (Å²) in [5.74, 6) is 0. The van der Waals surface area contributed by atoms with Crippen molar-refractivity contribution in [1.82, 2.24) is 0 Å². The van der Waals surface area contributed by atoms with Crippen molar-refractivity contribution in [3.05, 3.63) is 10.8 Å². The van der Waals surface area contributed by atoms with Gasteiger partial charge in [0.25, 0.3) is 0 Å². The van der Waals surface area contributed by atoms with Crippen LogP contribution >= 0.6 is 23.5 Å². The summed E-state index contributed by atoms with van der Waals surface area (Å²) in [4.78, 5) is 0. The zero-order valence-corrected chi connectivity index (χ0v) is 9.12. The molecule has 0 aromatic carbocycles. The number of thioether (sulfide) groups is 2.